The minimum atomic E-state index is -0.663. The molecule has 0 spiro atoms. The van der Waals surface area contributed by atoms with E-state index in [4.69, 9.17) is 56.0 Å². The maximum atomic E-state index is 17.9. The van der Waals surface area contributed by atoms with E-state index >= 15 is 4.39 Å². The number of aromatic nitrogens is 4. The predicted molar refractivity (Wildman–Crippen MR) is 251 cm³/mol. The number of nitrogen functional groups attached to an aromatic ring is 1. The highest BCUT2D eigenvalue weighted by Crippen LogP contribution is 2.47. The molecule has 2 fully saturated rings. The van der Waals surface area contributed by atoms with Crippen molar-refractivity contribution in [2.45, 2.75) is 57.9 Å². The smallest absolute Gasteiger partial charge is 0.319 e. The third-order valence-corrected chi connectivity index (χ3v) is 14.1. The van der Waals surface area contributed by atoms with Gasteiger partial charge in [0.2, 0.25) is 5.88 Å². The van der Waals surface area contributed by atoms with Crippen molar-refractivity contribution in [3.8, 4) is 34.6 Å². The van der Waals surface area contributed by atoms with Crippen LogP contribution in [-0.4, -0.2) is 90.7 Å². The lowest BCUT2D eigenvalue weighted by Gasteiger charge is -2.33. The summed E-state index contributed by atoms with van der Waals surface area (Å²) in [4.78, 5) is 25.8. The number of ether oxygens (including phenoxy) is 5. The van der Waals surface area contributed by atoms with Gasteiger partial charge in [0.25, 0.3) is 0 Å². The van der Waals surface area contributed by atoms with E-state index < -0.39 is 5.82 Å². The molecule has 3 aromatic heterocycles. The number of hydrogen-bond donors (Lipinski definition) is 1. The van der Waals surface area contributed by atoms with Crippen LogP contribution in [0, 0.1) is 16.3 Å². The SMILES string of the molecule is COc1ccc(CN(Cc2ccc(OC)cc2)c2cc(C)c(I)c(-c3nc4c5c(nc(OC[C@@H]6CC[C@H]7COCCN76)nc5c3F)N([C@H](C)c3cccnc3N)CCO4)c2Cl)cc1. The largest absolute Gasteiger partial charge is 0.497 e. The molecule has 0 amide bonds. The second-order valence-electron chi connectivity index (χ2n) is 16.1. The molecule has 0 unspecified atom stereocenters. The van der Waals surface area contributed by atoms with E-state index in [9.17, 15) is 0 Å². The number of pyridine rings is 2. The number of hydrogen-bond acceptors (Lipinski definition) is 13. The molecule has 13 nitrogen and oxygen atoms in total. The zero-order valence-electron chi connectivity index (χ0n) is 35.6. The second-order valence-corrected chi connectivity index (χ2v) is 17.6. The van der Waals surface area contributed by atoms with Gasteiger partial charge in [0, 0.05) is 52.6 Å². The molecule has 3 aliphatic heterocycles. The Labute approximate surface area is 384 Å². The van der Waals surface area contributed by atoms with Crippen molar-refractivity contribution in [3.63, 3.8) is 0 Å². The summed E-state index contributed by atoms with van der Waals surface area (Å²) in [6.07, 6.45) is 3.64. The third-order valence-electron chi connectivity index (χ3n) is 12.3. The van der Waals surface area contributed by atoms with Gasteiger partial charge in [-0.05, 0) is 102 Å². The molecule has 16 heteroatoms. The summed E-state index contributed by atoms with van der Waals surface area (Å²) in [5.41, 5.74) is 11.4. The number of fused-ring (bicyclic) bond motifs is 1. The lowest BCUT2D eigenvalue weighted by atomic mass is 10.0. The molecule has 328 valence electrons. The van der Waals surface area contributed by atoms with Crippen molar-refractivity contribution in [2.24, 2.45) is 0 Å². The van der Waals surface area contributed by atoms with Crippen molar-refractivity contribution in [2.75, 3.05) is 69.3 Å². The molecule has 6 heterocycles. The van der Waals surface area contributed by atoms with Gasteiger partial charge in [-0.2, -0.15) is 9.97 Å². The third kappa shape index (κ3) is 8.59. The average Bonchev–Trinajstić information content (AvgIpc) is 3.63. The topological polar surface area (TPSA) is 133 Å². The number of nitrogens with two attached hydrogens (primary N) is 1. The Morgan fingerprint density at radius 3 is 2.37 bits per heavy atom. The molecule has 63 heavy (non-hydrogen) atoms. The summed E-state index contributed by atoms with van der Waals surface area (Å²) in [5, 5.41) is 0.678. The zero-order valence-corrected chi connectivity index (χ0v) is 38.5. The molecule has 0 radical (unpaired) electrons. The van der Waals surface area contributed by atoms with Gasteiger partial charge in [-0.3, -0.25) is 4.90 Å². The first-order chi connectivity index (χ1) is 30.6. The van der Waals surface area contributed by atoms with Gasteiger partial charge in [0.1, 0.15) is 52.9 Å². The van der Waals surface area contributed by atoms with Crippen molar-refractivity contribution in [1.82, 2.24) is 24.8 Å². The molecule has 6 aromatic rings. The van der Waals surface area contributed by atoms with Crippen molar-refractivity contribution in [3.05, 3.63) is 110 Å². The van der Waals surface area contributed by atoms with E-state index in [0.717, 1.165) is 56.7 Å². The van der Waals surface area contributed by atoms with E-state index in [1.165, 1.54) is 0 Å². The lowest BCUT2D eigenvalue weighted by molar-refractivity contribution is -0.0101. The van der Waals surface area contributed by atoms with Crippen LogP contribution < -0.4 is 34.5 Å². The minimum absolute atomic E-state index is 0.0197. The molecule has 9 rings (SSSR count). The molecule has 3 aromatic carbocycles. The Hall–Kier alpha value is -5.23. The zero-order chi connectivity index (χ0) is 43.8. The average molecular weight is 987 g/mol. The fourth-order valence-corrected chi connectivity index (χ4v) is 10.1. The minimum Gasteiger partial charge on any atom is -0.497 e. The van der Waals surface area contributed by atoms with Crippen LogP contribution in [0.25, 0.3) is 22.2 Å². The molecule has 2 saturated heterocycles. The van der Waals surface area contributed by atoms with E-state index in [1.807, 2.05) is 85.5 Å². The van der Waals surface area contributed by atoms with Gasteiger partial charge in [0.15, 0.2) is 5.82 Å². The van der Waals surface area contributed by atoms with E-state index in [0.29, 0.717) is 78.8 Å². The Bertz CT molecular complexity index is 2580. The summed E-state index contributed by atoms with van der Waals surface area (Å²) in [6.45, 7) is 8.20. The summed E-state index contributed by atoms with van der Waals surface area (Å²) in [5.74, 6) is 1.88. The van der Waals surface area contributed by atoms with Gasteiger partial charge >= 0.3 is 6.01 Å². The predicted octanol–water partition coefficient (Wildman–Crippen LogP) is 8.80. The molecule has 2 N–H and O–H groups in total. The normalized spacial score (nSPS) is 17.8. The highest BCUT2D eigenvalue weighted by Gasteiger charge is 2.37. The van der Waals surface area contributed by atoms with Gasteiger partial charge in [-0.15, -0.1) is 0 Å². The fourth-order valence-electron chi connectivity index (χ4n) is 8.94. The molecule has 0 bridgehead atoms. The highest BCUT2D eigenvalue weighted by atomic mass is 127. The number of rotatable bonds is 13. The van der Waals surface area contributed by atoms with Gasteiger partial charge in [-0.1, -0.05) is 41.9 Å². The first kappa shape index (κ1) is 43.0. The van der Waals surface area contributed by atoms with Gasteiger partial charge in [-0.25, -0.2) is 14.4 Å². The molecule has 0 aliphatic carbocycles. The molecular formula is C47H49ClFIN8O5. The van der Waals surface area contributed by atoms with Crippen LogP contribution in [0.5, 0.6) is 23.4 Å². The van der Waals surface area contributed by atoms with Crippen LogP contribution in [0.15, 0.2) is 72.9 Å². The van der Waals surface area contributed by atoms with Crippen molar-refractivity contribution in [1.29, 1.82) is 0 Å². The van der Waals surface area contributed by atoms with Crippen LogP contribution in [-0.2, 0) is 17.8 Å². The number of morpholine rings is 1. The first-order valence-corrected chi connectivity index (χ1v) is 22.5. The lowest BCUT2D eigenvalue weighted by Crippen LogP contribution is -2.46. The Balaban J connectivity index is 1.17. The van der Waals surface area contributed by atoms with Crippen LogP contribution in [0.1, 0.15) is 48.1 Å². The number of aryl methyl sites for hydroxylation is 1. The Kier molecular flexibility index (Phi) is 12.6. The number of nitrogens with zero attached hydrogens (tertiary/aromatic N) is 7. The summed E-state index contributed by atoms with van der Waals surface area (Å²) < 4.78 is 48.2. The number of benzene rings is 3. The number of halogens is 3. The van der Waals surface area contributed by atoms with Crippen molar-refractivity contribution < 1.29 is 28.1 Å². The van der Waals surface area contributed by atoms with Crippen LogP contribution >= 0.6 is 34.2 Å². The number of methoxy groups -OCH3 is 2. The van der Waals surface area contributed by atoms with Crippen molar-refractivity contribution >= 4 is 62.4 Å². The van der Waals surface area contributed by atoms with Crippen LogP contribution in [0.4, 0.5) is 21.7 Å². The summed E-state index contributed by atoms with van der Waals surface area (Å²) in [7, 11) is 3.29. The maximum absolute atomic E-state index is 17.9. The van der Waals surface area contributed by atoms with Crippen LogP contribution in [0.2, 0.25) is 5.02 Å². The standard InChI is InChI=1S/C47H49ClFIN8O5/c1-27-22-36(56(23-29-7-13-33(59-3)14-8-29)24-30-9-15-34(60-4)16-10-30)39(48)37(41(27)50)42-40(49)43-38-45(55-47(54-43)63-26-32-12-11-31-25-61-20-18-58(31)32)57(19-21-62-46(38)53-42)28(2)35-6-5-17-52-44(35)51/h5-10,13-17,22,28,31-32H,11-12,18-21,23-26H2,1-4H3,(H2,51,52)/t28-,31+,32+/m1/s1. The maximum Gasteiger partial charge on any atom is 0.319 e. The Morgan fingerprint density at radius 1 is 0.968 bits per heavy atom. The second kappa shape index (κ2) is 18.5. The van der Waals surface area contributed by atoms with Gasteiger partial charge < -0.3 is 39.2 Å². The first-order valence-electron chi connectivity index (χ1n) is 21.1. The summed E-state index contributed by atoms with van der Waals surface area (Å²) >= 11 is 9.80. The summed E-state index contributed by atoms with van der Waals surface area (Å²) in [6, 6.07) is 21.9. The molecule has 0 saturated carbocycles. The van der Waals surface area contributed by atoms with Crippen LogP contribution in [0.3, 0.4) is 0 Å². The fraction of sp³-hybridized carbons (Fsp3) is 0.362. The molecule has 3 atom stereocenters. The molecular weight excluding hydrogens is 938 g/mol. The van der Waals surface area contributed by atoms with E-state index in [1.54, 1.807) is 20.4 Å². The highest BCUT2D eigenvalue weighted by molar-refractivity contribution is 14.1. The number of anilines is 3. The van der Waals surface area contributed by atoms with Gasteiger partial charge in [0.05, 0.1) is 50.7 Å². The van der Waals surface area contributed by atoms with E-state index in [-0.39, 0.29) is 41.8 Å². The Morgan fingerprint density at radius 2 is 1.68 bits per heavy atom. The quantitative estimate of drug-likeness (QED) is 0.111. The molecule has 3 aliphatic rings. The van der Waals surface area contributed by atoms with E-state index in [2.05, 4.69) is 37.4 Å². The monoisotopic (exact) mass is 986 g/mol.